The Kier molecular flexibility index (Phi) is 3.01. The molecule has 3 heteroatoms. The lowest BCUT2D eigenvalue weighted by molar-refractivity contribution is -0.714. The van der Waals surface area contributed by atoms with E-state index in [9.17, 15) is 0 Å². The van der Waals surface area contributed by atoms with Crippen molar-refractivity contribution in [1.82, 2.24) is 0 Å². The van der Waals surface area contributed by atoms with Crippen molar-refractivity contribution in [2.24, 2.45) is 0 Å². The van der Waals surface area contributed by atoms with E-state index in [4.69, 9.17) is 0 Å². The molecule has 0 fully saturated rings. The van der Waals surface area contributed by atoms with E-state index >= 15 is 0 Å². The van der Waals surface area contributed by atoms with Gasteiger partial charge in [-0.2, -0.15) is 0 Å². The standard InChI is InChI=1S/C20H19N3/c1-21-16-10-4-9-15(13-16)20-22(2)17-11-5-7-14-8-6-12-18(19(14)17)23(20)3/h4-13,20-21H,2-3H2,1H3/q+2. The van der Waals surface area contributed by atoms with Crippen molar-refractivity contribution in [3.63, 3.8) is 0 Å². The van der Waals surface area contributed by atoms with Gasteiger partial charge in [0.05, 0.1) is 5.56 Å². The Morgan fingerprint density at radius 2 is 1.48 bits per heavy atom. The minimum atomic E-state index is -0.0381. The summed E-state index contributed by atoms with van der Waals surface area (Å²) in [6, 6.07) is 21.1. The molecule has 4 rings (SSSR count). The summed E-state index contributed by atoms with van der Waals surface area (Å²) in [6.07, 6.45) is -0.0381. The predicted molar refractivity (Wildman–Crippen MR) is 96.8 cm³/mol. The van der Waals surface area contributed by atoms with Crippen LogP contribution in [0.3, 0.4) is 0 Å². The lowest BCUT2D eigenvalue weighted by atomic mass is 10.0. The largest absolute Gasteiger partial charge is 0.388 e. The minimum absolute atomic E-state index is 0.0381. The first-order valence-corrected chi connectivity index (χ1v) is 7.69. The average Bonchev–Trinajstić information content (AvgIpc) is 2.60. The molecule has 0 bridgehead atoms. The van der Waals surface area contributed by atoms with Crippen LogP contribution in [0.25, 0.3) is 10.8 Å². The van der Waals surface area contributed by atoms with E-state index in [0.29, 0.717) is 0 Å². The van der Waals surface area contributed by atoms with Crippen LogP contribution in [0.15, 0.2) is 60.7 Å². The fourth-order valence-corrected chi connectivity index (χ4v) is 3.43. The Hall–Kier alpha value is -2.94. The highest BCUT2D eigenvalue weighted by atomic mass is 15.3. The van der Waals surface area contributed by atoms with Gasteiger partial charge in [-0.05, 0) is 23.6 Å². The molecule has 0 saturated carbocycles. The van der Waals surface area contributed by atoms with Gasteiger partial charge in [-0.1, -0.05) is 30.3 Å². The lowest BCUT2D eigenvalue weighted by Crippen LogP contribution is -2.26. The van der Waals surface area contributed by atoms with Crippen LogP contribution in [0.4, 0.5) is 17.1 Å². The molecule has 0 aromatic heterocycles. The zero-order chi connectivity index (χ0) is 16.0. The Bertz CT molecular complexity index is 905. The topological polar surface area (TPSA) is 18.0 Å². The summed E-state index contributed by atoms with van der Waals surface area (Å²) in [7, 11) is 1.93. The summed E-state index contributed by atoms with van der Waals surface area (Å²) in [5, 5.41) is 5.62. The second-order valence-corrected chi connectivity index (χ2v) is 5.84. The summed E-state index contributed by atoms with van der Waals surface area (Å²) in [6.45, 7) is 8.63. The van der Waals surface area contributed by atoms with Crippen LogP contribution in [0, 0.1) is 0 Å². The van der Waals surface area contributed by atoms with Crippen LogP contribution >= 0.6 is 0 Å². The van der Waals surface area contributed by atoms with Crippen LogP contribution in [0.2, 0.25) is 0 Å². The zero-order valence-electron chi connectivity index (χ0n) is 13.2. The third-order valence-electron chi connectivity index (χ3n) is 4.54. The van der Waals surface area contributed by atoms with Gasteiger partial charge in [-0.3, -0.25) is 0 Å². The maximum atomic E-state index is 4.32. The van der Waals surface area contributed by atoms with Crippen LogP contribution in [0.1, 0.15) is 11.7 Å². The molecule has 3 nitrogen and oxygen atoms in total. The van der Waals surface area contributed by atoms with Crippen molar-refractivity contribution in [1.29, 1.82) is 0 Å². The summed E-state index contributed by atoms with van der Waals surface area (Å²) < 4.78 is 4.11. The molecular weight excluding hydrogens is 282 g/mol. The first kappa shape index (κ1) is 13.7. The summed E-state index contributed by atoms with van der Waals surface area (Å²) >= 11 is 0. The van der Waals surface area contributed by atoms with Crippen molar-refractivity contribution >= 4 is 41.3 Å². The van der Waals surface area contributed by atoms with E-state index in [1.165, 1.54) is 10.8 Å². The number of nitrogens with zero attached hydrogens (tertiary/aromatic N) is 2. The number of hydrogen-bond donors (Lipinski definition) is 1. The SMILES string of the molecule is C=[N+]1c2cccc3cccc(c23)[N+](=C)C1c1cccc(NC)c1. The molecule has 0 spiro atoms. The molecule has 3 aromatic rings. The van der Waals surface area contributed by atoms with Crippen molar-refractivity contribution in [3.05, 3.63) is 66.2 Å². The molecule has 0 unspecified atom stereocenters. The Balaban J connectivity index is 1.95. The highest BCUT2D eigenvalue weighted by Crippen LogP contribution is 2.43. The van der Waals surface area contributed by atoms with E-state index in [1.807, 2.05) is 7.05 Å². The molecule has 0 atom stereocenters. The molecule has 0 radical (unpaired) electrons. The van der Waals surface area contributed by atoms with Gasteiger partial charge in [-0.25, -0.2) is 0 Å². The molecule has 1 aliphatic heterocycles. The number of nitrogens with one attached hydrogen (secondary N) is 1. The van der Waals surface area contributed by atoms with E-state index in [0.717, 1.165) is 22.6 Å². The molecule has 3 aromatic carbocycles. The van der Waals surface area contributed by atoms with Crippen LogP contribution < -0.4 is 5.32 Å². The summed E-state index contributed by atoms with van der Waals surface area (Å²) in [4.78, 5) is 0. The van der Waals surface area contributed by atoms with Crippen molar-refractivity contribution in [3.8, 4) is 0 Å². The van der Waals surface area contributed by atoms with Gasteiger partial charge in [0, 0.05) is 24.9 Å². The monoisotopic (exact) mass is 301 g/mol. The third-order valence-corrected chi connectivity index (χ3v) is 4.54. The maximum Gasteiger partial charge on any atom is 0.379 e. The van der Waals surface area contributed by atoms with E-state index in [-0.39, 0.29) is 6.17 Å². The predicted octanol–water partition coefficient (Wildman–Crippen LogP) is 4.28. The van der Waals surface area contributed by atoms with Gasteiger partial charge in [0.1, 0.15) is 18.8 Å². The highest BCUT2D eigenvalue weighted by Gasteiger charge is 2.41. The van der Waals surface area contributed by atoms with Crippen LogP contribution in [-0.4, -0.2) is 29.6 Å². The normalized spacial score (nSPS) is 14.3. The molecule has 1 heterocycles. The van der Waals surface area contributed by atoms with Gasteiger partial charge in [-0.15, -0.1) is 9.15 Å². The number of rotatable bonds is 2. The third kappa shape index (κ3) is 1.97. The van der Waals surface area contributed by atoms with Gasteiger partial charge in [0.25, 0.3) is 0 Å². The minimum Gasteiger partial charge on any atom is -0.388 e. The fourth-order valence-electron chi connectivity index (χ4n) is 3.43. The van der Waals surface area contributed by atoms with Crippen molar-refractivity contribution < 1.29 is 9.15 Å². The number of anilines is 1. The van der Waals surface area contributed by atoms with Gasteiger partial charge < -0.3 is 5.32 Å². The molecule has 0 aliphatic carbocycles. The first-order chi connectivity index (χ1) is 11.2. The summed E-state index contributed by atoms with van der Waals surface area (Å²) in [5.74, 6) is 0. The zero-order valence-corrected chi connectivity index (χ0v) is 13.2. The molecular formula is C20H19N3+2. The number of hydrogen-bond acceptors (Lipinski definition) is 1. The fraction of sp³-hybridized carbons (Fsp3) is 0.100. The maximum absolute atomic E-state index is 4.32. The van der Waals surface area contributed by atoms with Gasteiger partial charge in [0.15, 0.2) is 0 Å². The van der Waals surface area contributed by atoms with Crippen molar-refractivity contribution in [2.75, 3.05) is 12.4 Å². The summed E-state index contributed by atoms with van der Waals surface area (Å²) in [5.41, 5.74) is 4.52. The highest BCUT2D eigenvalue weighted by molar-refractivity contribution is 5.98. The molecule has 0 amide bonds. The van der Waals surface area contributed by atoms with Crippen LogP contribution in [-0.2, 0) is 0 Å². The van der Waals surface area contributed by atoms with E-state index in [2.05, 4.69) is 88.6 Å². The van der Waals surface area contributed by atoms with Crippen molar-refractivity contribution in [2.45, 2.75) is 6.17 Å². The van der Waals surface area contributed by atoms with Gasteiger partial charge in [0.2, 0.25) is 11.4 Å². The Morgan fingerprint density at radius 1 is 0.870 bits per heavy atom. The Labute approximate surface area is 135 Å². The molecule has 0 saturated heterocycles. The molecule has 23 heavy (non-hydrogen) atoms. The number of benzene rings is 3. The van der Waals surface area contributed by atoms with Gasteiger partial charge >= 0.3 is 6.17 Å². The lowest BCUT2D eigenvalue weighted by Gasteiger charge is -2.20. The quantitative estimate of drug-likeness (QED) is 0.699. The Morgan fingerprint density at radius 3 is 2.09 bits per heavy atom. The van der Waals surface area contributed by atoms with E-state index < -0.39 is 0 Å². The van der Waals surface area contributed by atoms with E-state index in [1.54, 1.807) is 0 Å². The second kappa shape index (κ2) is 5.06. The molecule has 112 valence electrons. The smallest absolute Gasteiger partial charge is 0.379 e. The first-order valence-electron chi connectivity index (χ1n) is 7.69. The molecule has 1 aliphatic rings. The molecule has 1 N–H and O–H groups in total. The van der Waals surface area contributed by atoms with Crippen LogP contribution in [0.5, 0.6) is 0 Å². The second-order valence-electron chi connectivity index (χ2n) is 5.84. The average molecular weight is 301 g/mol.